The lowest BCUT2D eigenvalue weighted by Gasteiger charge is -2.10. The Labute approximate surface area is 156 Å². The summed E-state index contributed by atoms with van der Waals surface area (Å²) in [5, 5.41) is 13.2. The van der Waals surface area contributed by atoms with Gasteiger partial charge in [0.1, 0.15) is 0 Å². The molecule has 0 bridgehead atoms. The molecule has 5 nitrogen and oxygen atoms in total. The zero-order valence-electron chi connectivity index (χ0n) is 14.4. The number of fused-ring (bicyclic) bond motifs is 1. The fraction of sp³-hybridized carbons (Fsp3) is 0.316. The number of halogens is 1. The zero-order chi connectivity index (χ0) is 17.8. The molecular formula is C19H21BrN4O. The maximum atomic E-state index is 9.60. The second-order valence-corrected chi connectivity index (χ2v) is 7.34. The smallest absolute Gasteiger partial charge is 0.155 e. The van der Waals surface area contributed by atoms with Crippen molar-refractivity contribution in [1.29, 1.82) is 0 Å². The van der Waals surface area contributed by atoms with Crippen molar-refractivity contribution in [2.24, 2.45) is 10.1 Å². The number of rotatable bonds is 6. The summed E-state index contributed by atoms with van der Waals surface area (Å²) in [6.45, 7) is 0.959. The molecule has 0 radical (unpaired) electrons. The van der Waals surface area contributed by atoms with Gasteiger partial charge in [-0.25, -0.2) is 9.98 Å². The van der Waals surface area contributed by atoms with Gasteiger partial charge in [0.15, 0.2) is 5.82 Å². The van der Waals surface area contributed by atoms with Crippen molar-refractivity contribution < 1.29 is 5.21 Å². The maximum absolute atomic E-state index is 9.60. The second-order valence-electron chi connectivity index (χ2n) is 6.42. The Kier molecular flexibility index (Phi) is 5.60. The van der Waals surface area contributed by atoms with E-state index in [2.05, 4.69) is 50.1 Å². The molecule has 1 N–H and O–H groups in total. The molecule has 3 rings (SSSR count). The van der Waals surface area contributed by atoms with Gasteiger partial charge in [-0.3, -0.25) is 0 Å². The molecule has 0 saturated carbocycles. The van der Waals surface area contributed by atoms with Crippen LogP contribution in [0.4, 0.5) is 5.82 Å². The molecule has 130 valence electrons. The number of hydrogen-bond acceptors (Lipinski definition) is 5. The van der Waals surface area contributed by atoms with E-state index in [0.29, 0.717) is 12.1 Å². The van der Waals surface area contributed by atoms with Crippen LogP contribution in [-0.4, -0.2) is 47.2 Å². The third-order valence-corrected chi connectivity index (χ3v) is 4.71. The van der Waals surface area contributed by atoms with Crippen molar-refractivity contribution in [3.63, 3.8) is 0 Å². The fourth-order valence-corrected chi connectivity index (χ4v) is 3.38. The van der Waals surface area contributed by atoms with Crippen LogP contribution in [0.15, 0.2) is 51.1 Å². The fourth-order valence-electron chi connectivity index (χ4n) is 2.94. The largest absolute Gasteiger partial charge is 0.411 e. The molecule has 0 fully saturated rings. The Morgan fingerprint density at radius 1 is 1.32 bits per heavy atom. The molecule has 1 aliphatic rings. The SMILES string of the molecule is CN(C)CCC1=Nc2nccc(/C(Cc3cccc(Br)c3)=N/O)c2C1. The van der Waals surface area contributed by atoms with E-state index in [-0.39, 0.29) is 0 Å². The van der Waals surface area contributed by atoms with Crippen molar-refractivity contribution in [2.75, 3.05) is 20.6 Å². The van der Waals surface area contributed by atoms with Crippen molar-refractivity contribution in [3.8, 4) is 0 Å². The summed E-state index contributed by atoms with van der Waals surface area (Å²) in [5.74, 6) is 0.752. The molecule has 0 spiro atoms. The normalized spacial score (nSPS) is 13.9. The second kappa shape index (κ2) is 7.89. The highest BCUT2D eigenvalue weighted by Gasteiger charge is 2.22. The van der Waals surface area contributed by atoms with Crippen LogP contribution in [0.3, 0.4) is 0 Å². The monoisotopic (exact) mass is 400 g/mol. The third kappa shape index (κ3) is 4.32. The summed E-state index contributed by atoms with van der Waals surface area (Å²) < 4.78 is 1.01. The van der Waals surface area contributed by atoms with Crippen LogP contribution < -0.4 is 0 Å². The number of aliphatic imine (C=N–C) groups is 1. The van der Waals surface area contributed by atoms with E-state index in [0.717, 1.165) is 52.1 Å². The highest BCUT2D eigenvalue weighted by atomic mass is 79.9. The minimum atomic E-state index is 0.555. The summed E-state index contributed by atoms with van der Waals surface area (Å²) in [4.78, 5) is 11.2. The summed E-state index contributed by atoms with van der Waals surface area (Å²) in [6.07, 6.45) is 3.97. The average Bonchev–Trinajstić information content (AvgIpc) is 3.01. The van der Waals surface area contributed by atoms with Gasteiger partial charge in [0.2, 0.25) is 0 Å². The highest BCUT2D eigenvalue weighted by Crippen LogP contribution is 2.29. The molecule has 1 aromatic heterocycles. The van der Waals surface area contributed by atoms with Gasteiger partial charge in [0, 0.05) is 46.9 Å². The topological polar surface area (TPSA) is 61.1 Å². The van der Waals surface area contributed by atoms with Crippen molar-refractivity contribution in [2.45, 2.75) is 19.3 Å². The number of oxime groups is 1. The number of nitrogens with zero attached hydrogens (tertiary/aromatic N) is 4. The van der Waals surface area contributed by atoms with Gasteiger partial charge in [0.25, 0.3) is 0 Å². The molecule has 1 aliphatic heterocycles. The Hall–Kier alpha value is -2.05. The number of aromatic nitrogens is 1. The first kappa shape index (κ1) is 17.8. The summed E-state index contributed by atoms with van der Waals surface area (Å²) in [6, 6.07) is 9.93. The van der Waals surface area contributed by atoms with E-state index in [1.807, 2.05) is 30.3 Å². The molecule has 0 atom stereocenters. The van der Waals surface area contributed by atoms with E-state index in [1.165, 1.54) is 0 Å². The quantitative estimate of drug-likeness (QED) is 0.455. The lowest BCUT2D eigenvalue weighted by molar-refractivity contribution is 0.318. The summed E-state index contributed by atoms with van der Waals surface area (Å²) in [5.41, 5.74) is 4.83. The minimum absolute atomic E-state index is 0.555. The Morgan fingerprint density at radius 3 is 2.88 bits per heavy atom. The molecule has 0 amide bonds. The van der Waals surface area contributed by atoms with Crippen LogP contribution in [0.5, 0.6) is 0 Å². The van der Waals surface area contributed by atoms with Crippen LogP contribution in [-0.2, 0) is 12.8 Å². The van der Waals surface area contributed by atoms with E-state index in [9.17, 15) is 5.21 Å². The lowest BCUT2D eigenvalue weighted by atomic mass is 9.96. The molecule has 6 heteroatoms. The predicted octanol–water partition coefficient (Wildman–Crippen LogP) is 3.85. The molecular weight excluding hydrogens is 380 g/mol. The van der Waals surface area contributed by atoms with E-state index >= 15 is 0 Å². The van der Waals surface area contributed by atoms with Gasteiger partial charge in [-0.05, 0) is 44.3 Å². The van der Waals surface area contributed by atoms with Crippen LogP contribution in [0.2, 0.25) is 0 Å². The van der Waals surface area contributed by atoms with Crippen molar-refractivity contribution >= 4 is 33.2 Å². The average molecular weight is 401 g/mol. The van der Waals surface area contributed by atoms with Crippen LogP contribution in [0, 0.1) is 0 Å². The number of hydrogen-bond donors (Lipinski definition) is 1. The Balaban J connectivity index is 1.82. The van der Waals surface area contributed by atoms with Gasteiger partial charge >= 0.3 is 0 Å². The van der Waals surface area contributed by atoms with Crippen LogP contribution in [0.25, 0.3) is 0 Å². The molecule has 0 saturated heterocycles. The van der Waals surface area contributed by atoms with Gasteiger partial charge in [-0.1, -0.05) is 33.2 Å². The maximum Gasteiger partial charge on any atom is 0.155 e. The zero-order valence-corrected chi connectivity index (χ0v) is 16.0. The summed E-state index contributed by atoms with van der Waals surface area (Å²) >= 11 is 3.48. The van der Waals surface area contributed by atoms with E-state index < -0.39 is 0 Å². The molecule has 0 unspecified atom stereocenters. The van der Waals surface area contributed by atoms with Gasteiger partial charge in [-0.2, -0.15) is 0 Å². The third-order valence-electron chi connectivity index (χ3n) is 4.22. The molecule has 2 heterocycles. The Morgan fingerprint density at radius 2 is 2.16 bits per heavy atom. The van der Waals surface area contributed by atoms with Crippen molar-refractivity contribution in [3.05, 3.63) is 57.7 Å². The summed E-state index contributed by atoms with van der Waals surface area (Å²) in [7, 11) is 4.11. The molecule has 0 aliphatic carbocycles. The standard InChI is InChI=1S/C19H21BrN4O/c1-24(2)9-7-15-12-17-16(6-8-21-19(17)22-15)18(23-25)11-13-4-3-5-14(20)10-13/h3-6,8,10,25H,7,9,11-12H2,1-2H3/b23-18+. The van der Waals surface area contributed by atoms with E-state index in [1.54, 1.807) is 6.20 Å². The molecule has 25 heavy (non-hydrogen) atoms. The first-order valence-electron chi connectivity index (χ1n) is 8.21. The highest BCUT2D eigenvalue weighted by molar-refractivity contribution is 9.10. The molecule has 1 aromatic carbocycles. The first-order chi connectivity index (χ1) is 12.1. The minimum Gasteiger partial charge on any atom is -0.411 e. The van der Waals surface area contributed by atoms with Gasteiger partial charge < -0.3 is 10.1 Å². The van der Waals surface area contributed by atoms with Crippen molar-refractivity contribution in [1.82, 2.24) is 9.88 Å². The molecule has 2 aromatic rings. The first-order valence-corrected chi connectivity index (χ1v) is 9.01. The van der Waals surface area contributed by atoms with Gasteiger partial charge in [-0.15, -0.1) is 0 Å². The predicted molar refractivity (Wildman–Crippen MR) is 104 cm³/mol. The van der Waals surface area contributed by atoms with Gasteiger partial charge in [0.05, 0.1) is 5.71 Å². The van der Waals surface area contributed by atoms with E-state index in [4.69, 9.17) is 0 Å². The number of benzene rings is 1. The number of pyridine rings is 1. The van der Waals surface area contributed by atoms with Crippen LogP contribution >= 0.6 is 15.9 Å². The Bertz CT molecular complexity index is 830. The lowest BCUT2D eigenvalue weighted by Crippen LogP contribution is -2.17. The van der Waals surface area contributed by atoms with Crippen LogP contribution in [0.1, 0.15) is 23.1 Å².